The average molecular weight is 572 g/mol. The number of aromatic nitrogens is 3. The van der Waals surface area contributed by atoms with Crippen LogP contribution in [0.1, 0.15) is 21.6 Å². The van der Waals surface area contributed by atoms with Gasteiger partial charge in [0, 0.05) is 23.0 Å². The van der Waals surface area contributed by atoms with Crippen molar-refractivity contribution in [1.82, 2.24) is 14.8 Å². The van der Waals surface area contributed by atoms with Crippen LogP contribution in [0, 0.1) is 18.6 Å². The third-order valence-electron chi connectivity index (χ3n) is 5.80. The monoisotopic (exact) mass is 571 g/mol. The van der Waals surface area contributed by atoms with Crippen molar-refractivity contribution in [2.75, 3.05) is 16.7 Å². The lowest BCUT2D eigenvalue weighted by atomic mass is 10.1. The van der Waals surface area contributed by atoms with E-state index in [4.69, 9.17) is 22.1 Å². The first kappa shape index (κ1) is 26.2. The van der Waals surface area contributed by atoms with Gasteiger partial charge in [-0.2, -0.15) is 5.10 Å². The Morgan fingerprint density at radius 2 is 1.87 bits per heavy atom. The molecule has 0 bridgehead atoms. The van der Waals surface area contributed by atoms with E-state index in [0.29, 0.717) is 21.7 Å². The Morgan fingerprint density at radius 3 is 2.56 bits per heavy atom. The maximum Gasteiger partial charge on any atom is 0.229 e. The number of ketones is 1. The number of nitrogens with zero attached hydrogens (tertiary/aromatic N) is 2. The number of ether oxygens (including phenoxy) is 1. The Hall–Kier alpha value is -4.42. The molecule has 0 unspecified atom stereocenters. The van der Waals surface area contributed by atoms with E-state index in [0.717, 1.165) is 23.1 Å². The molecule has 0 aliphatic heterocycles. The van der Waals surface area contributed by atoms with Gasteiger partial charge in [-0.25, -0.2) is 21.9 Å². The Kier molecular flexibility index (Phi) is 6.52. The molecule has 5 rings (SSSR count). The minimum Gasteiger partial charge on any atom is -0.456 e. The molecule has 0 saturated carbocycles. The lowest BCUT2D eigenvalue weighted by Crippen LogP contribution is -2.10. The number of aromatic amines is 1. The minimum atomic E-state index is -3.72. The molecule has 13 heteroatoms. The van der Waals surface area contributed by atoms with E-state index in [1.807, 2.05) is 0 Å². The van der Waals surface area contributed by atoms with Gasteiger partial charge in [0.15, 0.2) is 5.82 Å². The number of para-hydroxylation sites is 1. The van der Waals surface area contributed by atoms with Crippen LogP contribution in [0.15, 0.2) is 60.8 Å². The van der Waals surface area contributed by atoms with Gasteiger partial charge in [0.25, 0.3) is 0 Å². The summed E-state index contributed by atoms with van der Waals surface area (Å²) >= 11 is 6.12. The Balaban J connectivity index is 1.46. The van der Waals surface area contributed by atoms with E-state index in [1.165, 1.54) is 18.3 Å². The number of nitrogens with one attached hydrogen (secondary N) is 2. The number of hydrogen-bond donors (Lipinski definition) is 3. The summed E-state index contributed by atoms with van der Waals surface area (Å²) in [4.78, 5) is 16.0. The predicted octanol–water partition coefficient (Wildman–Crippen LogP) is 5.57. The second-order valence-electron chi connectivity index (χ2n) is 8.76. The summed E-state index contributed by atoms with van der Waals surface area (Å²) in [5, 5.41) is 4.87. The first-order valence-electron chi connectivity index (χ1n) is 11.3. The van der Waals surface area contributed by atoms with Crippen LogP contribution >= 0.6 is 11.6 Å². The molecule has 3 aromatic carbocycles. The SMILES string of the molecule is Cc1cc(Oc2ccccc2Cl)cc(F)c1-n1ncc(C(=O)c2cc3cc(NS(C)(=O)=O)c(F)cc3[nH]2)c1N. The lowest BCUT2D eigenvalue weighted by molar-refractivity contribution is 0.103. The van der Waals surface area contributed by atoms with Crippen LogP contribution in [0.5, 0.6) is 11.5 Å². The molecule has 0 aliphatic rings. The molecule has 0 atom stereocenters. The van der Waals surface area contributed by atoms with Crippen LogP contribution in [0.25, 0.3) is 16.6 Å². The fraction of sp³-hybridized carbons (Fsp3) is 0.0769. The molecule has 39 heavy (non-hydrogen) atoms. The second kappa shape index (κ2) is 9.71. The number of halogens is 3. The van der Waals surface area contributed by atoms with Gasteiger partial charge in [-0.15, -0.1) is 0 Å². The smallest absolute Gasteiger partial charge is 0.229 e. The van der Waals surface area contributed by atoms with Crippen molar-refractivity contribution in [3.05, 3.63) is 94.3 Å². The van der Waals surface area contributed by atoms with E-state index in [-0.39, 0.29) is 39.7 Å². The van der Waals surface area contributed by atoms with Crippen molar-refractivity contribution in [3.63, 3.8) is 0 Å². The number of H-pyrrole nitrogens is 1. The Morgan fingerprint density at radius 1 is 1.13 bits per heavy atom. The third-order valence-corrected chi connectivity index (χ3v) is 6.71. The van der Waals surface area contributed by atoms with E-state index in [2.05, 4.69) is 14.8 Å². The van der Waals surface area contributed by atoms with Crippen LogP contribution in [0.2, 0.25) is 5.02 Å². The molecular formula is C26H20ClF2N5O4S. The van der Waals surface area contributed by atoms with Crippen molar-refractivity contribution < 1.29 is 26.7 Å². The van der Waals surface area contributed by atoms with Crippen molar-refractivity contribution >= 4 is 49.8 Å². The molecular weight excluding hydrogens is 552 g/mol. The maximum atomic E-state index is 15.2. The zero-order chi connectivity index (χ0) is 28.1. The minimum absolute atomic E-state index is 0.0215. The van der Waals surface area contributed by atoms with Crippen molar-refractivity contribution in [1.29, 1.82) is 0 Å². The molecule has 2 heterocycles. The first-order chi connectivity index (χ1) is 18.4. The molecule has 2 aromatic heterocycles. The van der Waals surface area contributed by atoms with Crippen LogP contribution in [0.4, 0.5) is 20.3 Å². The lowest BCUT2D eigenvalue weighted by Gasteiger charge is -2.13. The van der Waals surface area contributed by atoms with E-state index >= 15 is 4.39 Å². The molecule has 0 spiro atoms. The van der Waals surface area contributed by atoms with Gasteiger partial charge in [0.05, 0.1) is 34.4 Å². The maximum absolute atomic E-state index is 15.2. The third kappa shape index (κ3) is 5.16. The number of nitrogen functional groups attached to an aromatic ring is 1. The summed E-state index contributed by atoms with van der Waals surface area (Å²) in [6.45, 7) is 1.63. The highest BCUT2D eigenvalue weighted by atomic mass is 35.5. The van der Waals surface area contributed by atoms with Gasteiger partial charge in [0.2, 0.25) is 15.8 Å². The highest BCUT2D eigenvalue weighted by Gasteiger charge is 2.23. The molecule has 0 fully saturated rings. The zero-order valence-electron chi connectivity index (χ0n) is 20.4. The number of fused-ring (bicyclic) bond motifs is 1. The fourth-order valence-electron chi connectivity index (χ4n) is 4.10. The second-order valence-corrected chi connectivity index (χ2v) is 10.9. The Bertz CT molecular complexity index is 1860. The normalized spacial score (nSPS) is 11.6. The number of sulfonamides is 1. The van der Waals surface area contributed by atoms with Crippen molar-refractivity contribution in [2.24, 2.45) is 0 Å². The van der Waals surface area contributed by atoms with E-state index in [9.17, 15) is 17.6 Å². The fourth-order valence-corrected chi connectivity index (χ4v) is 4.83. The topological polar surface area (TPSA) is 132 Å². The number of carbonyl (C=O) groups is 1. The molecule has 4 N–H and O–H groups in total. The first-order valence-corrected chi connectivity index (χ1v) is 13.6. The van der Waals surface area contributed by atoms with E-state index < -0.39 is 27.4 Å². The van der Waals surface area contributed by atoms with Gasteiger partial charge in [-0.1, -0.05) is 23.7 Å². The summed E-state index contributed by atoms with van der Waals surface area (Å²) in [6, 6.07) is 13.3. The Labute approximate surface area is 226 Å². The number of benzene rings is 3. The molecule has 0 aliphatic carbocycles. The standard InChI is InChI=1S/C26H20ClF2N5O4S/c1-13-7-15(38-23-6-4-3-5-17(23)27)10-19(29)24(13)34-26(30)16(12-31-34)25(35)22-9-14-8-21(33-39(2,36)37)18(28)11-20(14)32-22/h3-12,32-33H,30H2,1-2H3. The summed E-state index contributed by atoms with van der Waals surface area (Å²) in [5.74, 6) is -1.66. The number of hydrogen-bond acceptors (Lipinski definition) is 6. The number of aryl methyl sites for hydroxylation is 1. The zero-order valence-corrected chi connectivity index (χ0v) is 22.0. The summed E-state index contributed by atoms with van der Waals surface area (Å²) in [5.41, 5.74) is 6.70. The molecule has 0 saturated heterocycles. The van der Waals surface area contributed by atoms with Crippen LogP contribution in [0.3, 0.4) is 0 Å². The molecule has 0 amide bonds. The molecule has 9 nitrogen and oxygen atoms in total. The number of rotatable bonds is 7. The largest absolute Gasteiger partial charge is 0.456 e. The highest BCUT2D eigenvalue weighted by molar-refractivity contribution is 7.92. The molecule has 5 aromatic rings. The highest BCUT2D eigenvalue weighted by Crippen LogP contribution is 2.33. The van der Waals surface area contributed by atoms with Gasteiger partial charge in [-0.05, 0) is 42.8 Å². The average Bonchev–Trinajstić information content (AvgIpc) is 3.42. The van der Waals surface area contributed by atoms with Gasteiger partial charge >= 0.3 is 0 Å². The van der Waals surface area contributed by atoms with Crippen molar-refractivity contribution in [2.45, 2.75) is 6.92 Å². The molecule has 0 radical (unpaired) electrons. The van der Waals surface area contributed by atoms with Gasteiger partial charge in [-0.3, -0.25) is 9.52 Å². The number of anilines is 2. The predicted molar refractivity (Wildman–Crippen MR) is 144 cm³/mol. The summed E-state index contributed by atoms with van der Waals surface area (Å²) < 4.78 is 61.5. The summed E-state index contributed by atoms with van der Waals surface area (Å²) in [7, 11) is -3.72. The molecule has 200 valence electrons. The van der Waals surface area contributed by atoms with Gasteiger partial charge < -0.3 is 15.5 Å². The van der Waals surface area contributed by atoms with E-state index in [1.54, 1.807) is 37.3 Å². The number of nitrogens with two attached hydrogens (primary N) is 1. The number of carbonyl (C=O) groups excluding carboxylic acids is 1. The summed E-state index contributed by atoms with van der Waals surface area (Å²) in [6.07, 6.45) is 2.10. The van der Waals surface area contributed by atoms with Crippen LogP contribution in [-0.2, 0) is 10.0 Å². The quantitative estimate of drug-likeness (QED) is 0.219. The van der Waals surface area contributed by atoms with Crippen LogP contribution < -0.4 is 15.2 Å². The van der Waals surface area contributed by atoms with Crippen LogP contribution in [-0.4, -0.2) is 35.2 Å². The van der Waals surface area contributed by atoms with Crippen molar-refractivity contribution in [3.8, 4) is 17.2 Å². The van der Waals surface area contributed by atoms with Gasteiger partial charge in [0.1, 0.15) is 28.8 Å².